The molecule has 1 aliphatic rings. The Morgan fingerprint density at radius 3 is 2.83 bits per heavy atom. The van der Waals surface area contributed by atoms with Crippen molar-refractivity contribution < 1.29 is 4.39 Å². The van der Waals surface area contributed by atoms with E-state index in [4.69, 9.17) is 0 Å². The third-order valence-electron chi connectivity index (χ3n) is 3.26. The van der Waals surface area contributed by atoms with Gasteiger partial charge in [0.05, 0.1) is 0 Å². The second-order valence-electron chi connectivity index (χ2n) is 4.89. The molecule has 1 aromatic heterocycles. The van der Waals surface area contributed by atoms with Crippen LogP contribution in [0.2, 0.25) is 0 Å². The maximum atomic E-state index is 13.5. The van der Waals surface area contributed by atoms with Crippen molar-refractivity contribution in [3.63, 3.8) is 0 Å². The van der Waals surface area contributed by atoms with Crippen LogP contribution >= 0.6 is 11.3 Å². The lowest BCUT2D eigenvalue weighted by atomic mass is 10.1. The van der Waals surface area contributed by atoms with Crippen LogP contribution in [0.3, 0.4) is 0 Å². The highest BCUT2D eigenvalue weighted by Crippen LogP contribution is 2.30. The van der Waals surface area contributed by atoms with Crippen molar-refractivity contribution in [2.45, 2.75) is 32.4 Å². The number of nitrogens with one attached hydrogen (secondary N) is 1. The van der Waals surface area contributed by atoms with Crippen molar-refractivity contribution in [1.29, 1.82) is 0 Å². The predicted octanol–water partition coefficient (Wildman–Crippen LogP) is 4.11. The highest BCUT2D eigenvalue weighted by molar-refractivity contribution is 7.15. The van der Waals surface area contributed by atoms with E-state index in [1.54, 1.807) is 24.3 Å². The zero-order chi connectivity index (χ0) is 12.5. The number of benzene rings is 1. The lowest BCUT2D eigenvalue weighted by Crippen LogP contribution is -2.14. The Kier molecular flexibility index (Phi) is 3.18. The summed E-state index contributed by atoms with van der Waals surface area (Å²) in [5, 5.41) is 3.49. The van der Waals surface area contributed by atoms with E-state index in [-0.39, 0.29) is 5.82 Å². The quantitative estimate of drug-likeness (QED) is 0.873. The van der Waals surface area contributed by atoms with Crippen LogP contribution in [0, 0.1) is 12.7 Å². The molecule has 1 aromatic carbocycles. The molecule has 1 fully saturated rings. The summed E-state index contributed by atoms with van der Waals surface area (Å²) in [4.78, 5) is 2.46. The van der Waals surface area contributed by atoms with E-state index in [9.17, 15) is 4.39 Å². The fourth-order valence-electron chi connectivity index (χ4n) is 1.91. The molecule has 1 nitrogen and oxygen atoms in total. The smallest absolute Gasteiger partial charge is 0.126 e. The maximum absolute atomic E-state index is 13.5. The molecule has 0 aliphatic heterocycles. The zero-order valence-electron chi connectivity index (χ0n) is 10.4. The van der Waals surface area contributed by atoms with Gasteiger partial charge in [0.1, 0.15) is 5.82 Å². The van der Waals surface area contributed by atoms with E-state index in [1.807, 2.05) is 12.1 Å². The Morgan fingerprint density at radius 2 is 2.11 bits per heavy atom. The zero-order valence-corrected chi connectivity index (χ0v) is 11.2. The van der Waals surface area contributed by atoms with Gasteiger partial charge >= 0.3 is 0 Å². The van der Waals surface area contributed by atoms with Crippen molar-refractivity contribution in [2.75, 3.05) is 0 Å². The summed E-state index contributed by atoms with van der Waals surface area (Å²) in [5.41, 5.74) is 1.67. The topological polar surface area (TPSA) is 12.0 Å². The first-order valence-corrected chi connectivity index (χ1v) is 7.12. The highest BCUT2D eigenvalue weighted by Gasteiger charge is 2.20. The Labute approximate surface area is 111 Å². The summed E-state index contributed by atoms with van der Waals surface area (Å²) in [6.45, 7) is 2.72. The van der Waals surface area contributed by atoms with Crippen LogP contribution in [0.1, 0.15) is 23.3 Å². The molecule has 1 heterocycles. The van der Waals surface area contributed by atoms with E-state index in [0.717, 1.165) is 23.0 Å². The molecule has 0 bridgehead atoms. The minimum atomic E-state index is -0.126. The summed E-state index contributed by atoms with van der Waals surface area (Å²) in [7, 11) is 0. The normalized spacial score (nSPS) is 15.0. The van der Waals surface area contributed by atoms with Gasteiger partial charge in [0, 0.05) is 22.3 Å². The minimum absolute atomic E-state index is 0.126. The lowest BCUT2D eigenvalue weighted by molar-refractivity contribution is 0.619. The number of hydrogen-bond donors (Lipinski definition) is 1. The number of aryl methyl sites for hydroxylation is 1. The predicted molar refractivity (Wildman–Crippen MR) is 74.3 cm³/mol. The SMILES string of the molecule is Cc1ccc(-c2ccc(CNC3CC3)s2)cc1F. The van der Waals surface area contributed by atoms with Gasteiger partial charge in [0.2, 0.25) is 0 Å². The number of hydrogen-bond acceptors (Lipinski definition) is 2. The summed E-state index contributed by atoms with van der Waals surface area (Å²) >= 11 is 1.74. The van der Waals surface area contributed by atoms with Crippen molar-refractivity contribution in [3.05, 3.63) is 46.6 Å². The molecule has 1 saturated carbocycles. The molecule has 18 heavy (non-hydrogen) atoms. The number of thiophene rings is 1. The third-order valence-corrected chi connectivity index (χ3v) is 4.39. The number of halogens is 1. The molecule has 1 N–H and O–H groups in total. The van der Waals surface area contributed by atoms with Gasteiger partial charge in [-0.2, -0.15) is 0 Å². The van der Waals surface area contributed by atoms with Crippen LogP contribution in [0.15, 0.2) is 30.3 Å². The third kappa shape index (κ3) is 2.62. The van der Waals surface area contributed by atoms with Gasteiger partial charge in [0.15, 0.2) is 0 Å². The first-order valence-electron chi connectivity index (χ1n) is 6.31. The van der Waals surface area contributed by atoms with Gasteiger partial charge in [-0.05, 0) is 49.1 Å². The number of rotatable bonds is 4. The van der Waals surface area contributed by atoms with Crippen LogP contribution in [0.25, 0.3) is 10.4 Å². The van der Waals surface area contributed by atoms with Crippen molar-refractivity contribution in [3.8, 4) is 10.4 Å². The van der Waals surface area contributed by atoms with Crippen LogP contribution in [-0.4, -0.2) is 6.04 Å². The molecule has 94 valence electrons. The molecule has 0 amide bonds. The summed E-state index contributed by atoms with van der Waals surface area (Å²) in [6, 6.07) is 10.4. The second kappa shape index (κ2) is 4.82. The Hall–Kier alpha value is -1.19. The maximum Gasteiger partial charge on any atom is 0.126 e. The van der Waals surface area contributed by atoms with Gasteiger partial charge in [-0.15, -0.1) is 11.3 Å². The molecular formula is C15H16FNS. The molecule has 0 radical (unpaired) electrons. The standard InChI is InChI=1S/C15H16FNS/c1-10-2-3-11(8-14(10)16)15-7-6-13(18-15)9-17-12-4-5-12/h2-3,6-8,12,17H,4-5,9H2,1H3. The molecule has 0 spiro atoms. The average Bonchev–Trinajstić information content (AvgIpc) is 3.08. The van der Waals surface area contributed by atoms with Gasteiger partial charge < -0.3 is 5.32 Å². The second-order valence-corrected chi connectivity index (χ2v) is 6.05. The van der Waals surface area contributed by atoms with Gasteiger partial charge in [-0.25, -0.2) is 4.39 Å². The van der Waals surface area contributed by atoms with E-state index in [2.05, 4.69) is 17.4 Å². The summed E-state index contributed by atoms with van der Waals surface area (Å²) < 4.78 is 13.5. The Balaban J connectivity index is 1.76. The van der Waals surface area contributed by atoms with Gasteiger partial charge in [-0.3, -0.25) is 0 Å². The van der Waals surface area contributed by atoms with E-state index >= 15 is 0 Å². The molecule has 0 unspecified atom stereocenters. The van der Waals surface area contributed by atoms with Crippen LogP contribution in [-0.2, 0) is 6.54 Å². The van der Waals surface area contributed by atoms with Crippen molar-refractivity contribution in [2.24, 2.45) is 0 Å². The first kappa shape index (κ1) is 11.9. The van der Waals surface area contributed by atoms with Crippen LogP contribution in [0.4, 0.5) is 4.39 Å². The summed E-state index contributed by atoms with van der Waals surface area (Å²) in [6.07, 6.45) is 2.61. The largest absolute Gasteiger partial charge is 0.309 e. The minimum Gasteiger partial charge on any atom is -0.309 e. The molecule has 0 atom stereocenters. The molecule has 3 heteroatoms. The molecule has 0 saturated heterocycles. The first-order chi connectivity index (χ1) is 8.72. The van der Waals surface area contributed by atoms with Gasteiger partial charge in [-0.1, -0.05) is 12.1 Å². The monoisotopic (exact) mass is 261 g/mol. The molecular weight excluding hydrogens is 245 g/mol. The van der Waals surface area contributed by atoms with E-state index in [1.165, 1.54) is 17.7 Å². The van der Waals surface area contributed by atoms with Crippen molar-refractivity contribution >= 4 is 11.3 Å². The summed E-state index contributed by atoms with van der Waals surface area (Å²) in [5.74, 6) is -0.126. The lowest BCUT2D eigenvalue weighted by Gasteiger charge is -2.01. The fraction of sp³-hybridized carbons (Fsp3) is 0.333. The fourth-order valence-corrected chi connectivity index (χ4v) is 2.86. The Bertz CT molecular complexity index is 557. The van der Waals surface area contributed by atoms with E-state index < -0.39 is 0 Å². The average molecular weight is 261 g/mol. The van der Waals surface area contributed by atoms with Gasteiger partial charge in [0.25, 0.3) is 0 Å². The molecule has 1 aliphatic carbocycles. The molecule has 2 aromatic rings. The highest BCUT2D eigenvalue weighted by atomic mass is 32.1. The van der Waals surface area contributed by atoms with E-state index in [0.29, 0.717) is 5.56 Å². The van der Waals surface area contributed by atoms with Crippen LogP contribution in [0.5, 0.6) is 0 Å². The Morgan fingerprint density at radius 1 is 1.28 bits per heavy atom. The van der Waals surface area contributed by atoms with Crippen molar-refractivity contribution in [1.82, 2.24) is 5.32 Å². The molecule has 3 rings (SSSR count). The van der Waals surface area contributed by atoms with Crippen LogP contribution < -0.4 is 5.32 Å².